The van der Waals surface area contributed by atoms with Crippen molar-refractivity contribution in [2.24, 2.45) is 0 Å². The van der Waals surface area contributed by atoms with Gasteiger partial charge in [0.25, 0.3) is 0 Å². The van der Waals surface area contributed by atoms with Gasteiger partial charge in [-0.1, -0.05) is 30.3 Å². The zero-order valence-electron chi connectivity index (χ0n) is 11.7. The van der Waals surface area contributed by atoms with Crippen molar-refractivity contribution < 1.29 is 0 Å². The molecule has 3 aromatic rings. The Hall–Kier alpha value is -2.87. The Balaban J connectivity index is 1.93. The zero-order chi connectivity index (χ0) is 14.7. The van der Waals surface area contributed by atoms with E-state index in [1.54, 1.807) is 6.20 Å². The second-order valence-electron chi connectivity index (χ2n) is 4.79. The van der Waals surface area contributed by atoms with Crippen LogP contribution in [0, 0.1) is 18.3 Å². The van der Waals surface area contributed by atoms with Crippen LogP contribution in [0.4, 0.5) is 5.82 Å². The van der Waals surface area contributed by atoms with Crippen LogP contribution in [0.2, 0.25) is 0 Å². The van der Waals surface area contributed by atoms with E-state index in [0.29, 0.717) is 13.0 Å². The maximum atomic E-state index is 8.92. The summed E-state index contributed by atoms with van der Waals surface area (Å²) in [6.45, 7) is 2.60. The highest BCUT2D eigenvalue weighted by Gasteiger charge is 2.12. The summed E-state index contributed by atoms with van der Waals surface area (Å²) in [4.78, 5) is 8.89. The molecule has 0 aliphatic heterocycles. The minimum absolute atomic E-state index is 0.342. The Kier molecular flexibility index (Phi) is 3.52. The van der Waals surface area contributed by atoms with Gasteiger partial charge in [0.15, 0.2) is 11.5 Å². The number of nitriles is 1. The summed E-state index contributed by atoms with van der Waals surface area (Å²) in [6.07, 6.45) is 3.91. The molecule has 0 atom stereocenters. The maximum Gasteiger partial charge on any atom is 0.180 e. The van der Waals surface area contributed by atoms with E-state index < -0.39 is 0 Å². The minimum atomic E-state index is 0.342. The van der Waals surface area contributed by atoms with Crippen LogP contribution >= 0.6 is 0 Å². The van der Waals surface area contributed by atoms with Gasteiger partial charge < -0.3 is 5.32 Å². The first-order valence-corrected chi connectivity index (χ1v) is 6.77. The normalized spacial score (nSPS) is 10.5. The van der Waals surface area contributed by atoms with E-state index in [0.717, 1.165) is 22.9 Å². The molecule has 0 bridgehead atoms. The summed E-state index contributed by atoms with van der Waals surface area (Å²) in [7, 11) is 0. The largest absolute Gasteiger partial charge is 0.363 e. The molecule has 2 aromatic heterocycles. The van der Waals surface area contributed by atoms with Gasteiger partial charge >= 0.3 is 0 Å². The quantitative estimate of drug-likeness (QED) is 0.796. The number of aryl methyl sites for hydroxylation is 1. The van der Waals surface area contributed by atoms with Crippen molar-refractivity contribution in [3.8, 4) is 6.07 Å². The van der Waals surface area contributed by atoms with Crippen molar-refractivity contribution in [2.75, 3.05) is 5.32 Å². The molecule has 1 N–H and O–H groups in total. The average Bonchev–Trinajstić information content (AvgIpc) is 2.83. The number of anilines is 1. The molecule has 0 fully saturated rings. The molecule has 0 saturated carbocycles. The van der Waals surface area contributed by atoms with E-state index in [-0.39, 0.29) is 0 Å². The lowest BCUT2D eigenvalue weighted by atomic mass is 10.2. The molecule has 0 radical (unpaired) electrons. The fourth-order valence-electron chi connectivity index (χ4n) is 2.33. The van der Waals surface area contributed by atoms with Crippen LogP contribution in [-0.2, 0) is 13.0 Å². The number of rotatable bonds is 4. The standard InChI is InChI=1S/C16H15N5/c1-12-14(7-8-17)21-10-9-18-15(16(21)20-12)19-11-13-5-3-2-4-6-13/h2-6,9-10H,7,11H2,1H3,(H,18,19). The molecule has 0 spiro atoms. The molecular weight excluding hydrogens is 262 g/mol. The van der Waals surface area contributed by atoms with Crippen LogP contribution < -0.4 is 5.32 Å². The summed E-state index contributed by atoms with van der Waals surface area (Å²) >= 11 is 0. The van der Waals surface area contributed by atoms with Gasteiger partial charge in [-0.25, -0.2) is 9.97 Å². The molecule has 0 aliphatic carbocycles. The van der Waals surface area contributed by atoms with Crippen molar-refractivity contribution in [2.45, 2.75) is 19.9 Å². The molecule has 21 heavy (non-hydrogen) atoms. The highest BCUT2D eigenvalue weighted by molar-refractivity contribution is 5.64. The topological polar surface area (TPSA) is 66.0 Å². The molecule has 1 aromatic carbocycles. The van der Waals surface area contributed by atoms with Crippen LogP contribution in [0.5, 0.6) is 0 Å². The lowest BCUT2D eigenvalue weighted by Gasteiger charge is -2.07. The number of fused-ring (bicyclic) bond motifs is 1. The number of hydrogen-bond donors (Lipinski definition) is 1. The first-order chi connectivity index (χ1) is 10.3. The van der Waals surface area contributed by atoms with Gasteiger partial charge in [-0.3, -0.25) is 4.40 Å². The Labute approximate surface area is 122 Å². The van der Waals surface area contributed by atoms with Crippen LogP contribution in [-0.4, -0.2) is 14.4 Å². The molecule has 0 unspecified atom stereocenters. The van der Waals surface area contributed by atoms with E-state index in [1.807, 2.05) is 35.7 Å². The predicted octanol–water partition coefficient (Wildman–Crippen LogP) is 2.72. The van der Waals surface area contributed by atoms with Gasteiger partial charge in [0, 0.05) is 18.9 Å². The Bertz CT molecular complexity index is 799. The number of benzene rings is 1. The van der Waals surface area contributed by atoms with Crippen molar-refractivity contribution in [1.29, 1.82) is 5.26 Å². The third-order valence-electron chi connectivity index (χ3n) is 3.39. The fourth-order valence-corrected chi connectivity index (χ4v) is 2.33. The van der Waals surface area contributed by atoms with Gasteiger partial charge in [-0.15, -0.1) is 0 Å². The number of imidazole rings is 1. The van der Waals surface area contributed by atoms with Gasteiger partial charge in [0.2, 0.25) is 0 Å². The monoisotopic (exact) mass is 277 g/mol. The first-order valence-electron chi connectivity index (χ1n) is 6.77. The van der Waals surface area contributed by atoms with E-state index >= 15 is 0 Å². The molecule has 0 aliphatic rings. The molecule has 0 saturated heterocycles. The van der Waals surface area contributed by atoms with E-state index in [9.17, 15) is 0 Å². The maximum absolute atomic E-state index is 8.92. The van der Waals surface area contributed by atoms with Crippen LogP contribution in [0.25, 0.3) is 5.65 Å². The molecule has 104 valence electrons. The van der Waals surface area contributed by atoms with E-state index in [4.69, 9.17) is 5.26 Å². The van der Waals surface area contributed by atoms with E-state index in [2.05, 4.69) is 33.5 Å². The smallest absolute Gasteiger partial charge is 0.180 e. The van der Waals surface area contributed by atoms with Crippen molar-refractivity contribution in [1.82, 2.24) is 14.4 Å². The number of aromatic nitrogens is 3. The Morgan fingerprint density at radius 3 is 2.86 bits per heavy atom. The number of nitrogens with zero attached hydrogens (tertiary/aromatic N) is 4. The fraction of sp³-hybridized carbons (Fsp3) is 0.188. The van der Waals surface area contributed by atoms with Gasteiger partial charge in [0.05, 0.1) is 23.9 Å². The van der Waals surface area contributed by atoms with Gasteiger partial charge in [-0.2, -0.15) is 5.26 Å². The molecule has 0 amide bonds. The lowest BCUT2D eigenvalue weighted by molar-refractivity contribution is 1.01. The molecular formula is C16H15N5. The number of hydrogen-bond acceptors (Lipinski definition) is 4. The highest BCUT2D eigenvalue weighted by Crippen LogP contribution is 2.18. The Morgan fingerprint density at radius 2 is 2.10 bits per heavy atom. The predicted molar refractivity (Wildman–Crippen MR) is 80.8 cm³/mol. The molecule has 3 rings (SSSR count). The van der Waals surface area contributed by atoms with Crippen LogP contribution in [0.15, 0.2) is 42.7 Å². The van der Waals surface area contributed by atoms with Crippen molar-refractivity contribution in [3.05, 3.63) is 59.7 Å². The highest BCUT2D eigenvalue weighted by atomic mass is 15.1. The van der Waals surface area contributed by atoms with Crippen molar-refractivity contribution >= 4 is 11.5 Å². The van der Waals surface area contributed by atoms with Crippen LogP contribution in [0.3, 0.4) is 0 Å². The molecule has 5 heteroatoms. The van der Waals surface area contributed by atoms with E-state index in [1.165, 1.54) is 5.56 Å². The second-order valence-corrected chi connectivity index (χ2v) is 4.79. The Morgan fingerprint density at radius 1 is 1.29 bits per heavy atom. The summed E-state index contributed by atoms with van der Waals surface area (Å²) < 4.78 is 1.93. The third kappa shape index (κ3) is 2.56. The summed E-state index contributed by atoms with van der Waals surface area (Å²) in [5, 5.41) is 12.2. The second kappa shape index (κ2) is 5.63. The number of nitrogens with one attached hydrogen (secondary N) is 1. The lowest BCUT2D eigenvalue weighted by Crippen LogP contribution is -2.04. The first kappa shape index (κ1) is 13.1. The molecule has 5 nitrogen and oxygen atoms in total. The third-order valence-corrected chi connectivity index (χ3v) is 3.39. The SMILES string of the molecule is Cc1nc2c(NCc3ccccc3)nccn2c1CC#N. The summed E-state index contributed by atoms with van der Waals surface area (Å²) in [5.41, 5.74) is 3.72. The van der Waals surface area contributed by atoms with Crippen LogP contribution in [0.1, 0.15) is 17.0 Å². The summed E-state index contributed by atoms with van der Waals surface area (Å²) in [6, 6.07) is 12.3. The van der Waals surface area contributed by atoms with Gasteiger partial charge in [-0.05, 0) is 12.5 Å². The average molecular weight is 277 g/mol. The zero-order valence-corrected chi connectivity index (χ0v) is 11.7. The van der Waals surface area contributed by atoms with Gasteiger partial charge in [0.1, 0.15) is 0 Å². The minimum Gasteiger partial charge on any atom is -0.363 e. The molecule has 2 heterocycles. The summed E-state index contributed by atoms with van der Waals surface area (Å²) in [5.74, 6) is 0.730. The van der Waals surface area contributed by atoms with Crippen molar-refractivity contribution in [3.63, 3.8) is 0 Å².